The van der Waals surface area contributed by atoms with E-state index in [1.807, 2.05) is 30.3 Å². The van der Waals surface area contributed by atoms with Crippen molar-refractivity contribution in [2.45, 2.75) is 19.1 Å². The summed E-state index contributed by atoms with van der Waals surface area (Å²) < 4.78 is 5.54. The van der Waals surface area contributed by atoms with Crippen LogP contribution in [0, 0.1) is 10.1 Å². The van der Waals surface area contributed by atoms with E-state index in [0.717, 1.165) is 5.56 Å². The van der Waals surface area contributed by atoms with Gasteiger partial charge in [-0.05, 0) is 24.1 Å². The van der Waals surface area contributed by atoms with Gasteiger partial charge in [-0.3, -0.25) is 15.2 Å². The number of non-ortho nitro benzene ring substituents is 1. The van der Waals surface area contributed by atoms with Crippen molar-refractivity contribution in [2.24, 2.45) is 5.73 Å². The number of aromatic amines is 1. The fraction of sp³-hybridized carbons (Fsp3) is 0.176. The van der Waals surface area contributed by atoms with Gasteiger partial charge in [-0.15, -0.1) is 0 Å². The summed E-state index contributed by atoms with van der Waals surface area (Å²) in [5, 5.41) is 17.5. The fourth-order valence-electron chi connectivity index (χ4n) is 2.32. The highest BCUT2D eigenvalue weighted by Crippen LogP contribution is 2.18. The monoisotopic (exact) mass is 339 g/mol. The summed E-state index contributed by atoms with van der Waals surface area (Å²) in [5.41, 5.74) is 7.27. The van der Waals surface area contributed by atoms with Crippen molar-refractivity contribution >= 4 is 5.69 Å². The van der Waals surface area contributed by atoms with Crippen LogP contribution in [0.1, 0.15) is 23.3 Å². The van der Waals surface area contributed by atoms with Crippen molar-refractivity contribution in [2.75, 3.05) is 0 Å². The molecule has 0 unspecified atom stereocenters. The average molecular weight is 339 g/mol. The highest BCUT2D eigenvalue weighted by Gasteiger charge is 2.13. The topological polar surface area (TPSA) is 120 Å². The van der Waals surface area contributed by atoms with Crippen LogP contribution in [0.5, 0.6) is 5.75 Å². The lowest BCUT2D eigenvalue weighted by molar-refractivity contribution is -0.384. The molecule has 0 spiro atoms. The number of aromatic nitrogens is 3. The Balaban J connectivity index is 1.57. The van der Waals surface area contributed by atoms with E-state index < -0.39 is 4.92 Å². The van der Waals surface area contributed by atoms with Gasteiger partial charge in [0.15, 0.2) is 11.6 Å². The molecule has 1 heterocycles. The standard InChI is InChI=1S/C17H17N5O3/c18-15(10-12-4-2-1-3-5-12)17-19-16(20-21-17)11-25-14-8-6-13(7-9-14)22(23)24/h1-9,15H,10-11,18H2,(H,19,20,21)/t15-/m0/s1. The number of hydrogen-bond acceptors (Lipinski definition) is 6. The van der Waals surface area contributed by atoms with Crippen LogP contribution in [0.2, 0.25) is 0 Å². The number of nitrogens with one attached hydrogen (secondary N) is 1. The largest absolute Gasteiger partial charge is 0.486 e. The summed E-state index contributed by atoms with van der Waals surface area (Å²) in [5.74, 6) is 1.57. The third-order valence-corrected chi connectivity index (χ3v) is 3.60. The predicted octanol–water partition coefficient (Wildman–Crippen LogP) is 2.53. The minimum atomic E-state index is -0.458. The first kappa shape index (κ1) is 16.6. The number of rotatable bonds is 7. The molecule has 0 aliphatic heterocycles. The fourth-order valence-corrected chi connectivity index (χ4v) is 2.32. The van der Waals surface area contributed by atoms with Crippen LogP contribution < -0.4 is 10.5 Å². The van der Waals surface area contributed by atoms with Crippen molar-refractivity contribution < 1.29 is 9.66 Å². The second kappa shape index (κ2) is 7.54. The number of nitro groups is 1. The average Bonchev–Trinajstić information content (AvgIpc) is 3.10. The zero-order valence-corrected chi connectivity index (χ0v) is 13.3. The van der Waals surface area contributed by atoms with Crippen LogP contribution in [0.4, 0.5) is 5.69 Å². The molecule has 3 aromatic rings. The van der Waals surface area contributed by atoms with E-state index >= 15 is 0 Å². The second-order valence-corrected chi connectivity index (χ2v) is 5.48. The van der Waals surface area contributed by atoms with Crippen LogP contribution in [-0.4, -0.2) is 20.1 Å². The third-order valence-electron chi connectivity index (χ3n) is 3.60. The van der Waals surface area contributed by atoms with Crippen molar-refractivity contribution in [3.05, 3.63) is 81.9 Å². The molecule has 1 aromatic heterocycles. The lowest BCUT2D eigenvalue weighted by Gasteiger charge is -2.07. The van der Waals surface area contributed by atoms with Crippen LogP contribution >= 0.6 is 0 Å². The zero-order valence-electron chi connectivity index (χ0n) is 13.3. The Kier molecular flexibility index (Phi) is 5.00. The summed E-state index contributed by atoms with van der Waals surface area (Å²) >= 11 is 0. The maximum Gasteiger partial charge on any atom is 0.269 e. The Morgan fingerprint density at radius 2 is 1.88 bits per heavy atom. The quantitative estimate of drug-likeness (QED) is 0.504. The number of hydrogen-bond donors (Lipinski definition) is 2. The Morgan fingerprint density at radius 3 is 2.56 bits per heavy atom. The van der Waals surface area contributed by atoms with Gasteiger partial charge in [0.25, 0.3) is 5.69 Å². The Hall–Kier alpha value is -3.26. The van der Waals surface area contributed by atoms with Crippen LogP contribution in [-0.2, 0) is 13.0 Å². The van der Waals surface area contributed by atoms with Gasteiger partial charge in [0.1, 0.15) is 12.4 Å². The minimum Gasteiger partial charge on any atom is -0.486 e. The predicted molar refractivity (Wildman–Crippen MR) is 90.9 cm³/mol. The van der Waals surface area contributed by atoms with Gasteiger partial charge in [-0.1, -0.05) is 30.3 Å². The van der Waals surface area contributed by atoms with E-state index in [1.165, 1.54) is 24.3 Å². The number of ether oxygens (including phenoxy) is 1. The summed E-state index contributed by atoms with van der Waals surface area (Å²) in [6, 6.07) is 15.4. The Labute approximate surface area is 143 Å². The van der Waals surface area contributed by atoms with E-state index in [-0.39, 0.29) is 18.3 Å². The zero-order chi connectivity index (χ0) is 17.6. The van der Waals surface area contributed by atoms with Gasteiger partial charge in [0.2, 0.25) is 0 Å². The second-order valence-electron chi connectivity index (χ2n) is 5.48. The smallest absolute Gasteiger partial charge is 0.269 e. The van der Waals surface area contributed by atoms with Crippen molar-refractivity contribution in [1.29, 1.82) is 0 Å². The molecule has 0 bridgehead atoms. The van der Waals surface area contributed by atoms with Gasteiger partial charge in [-0.2, -0.15) is 5.10 Å². The van der Waals surface area contributed by atoms with E-state index in [0.29, 0.717) is 23.8 Å². The molecule has 128 valence electrons. The Bertz CT molecular complexity index is 833. The molecule has 0 saturated carbocycles. The van der Waals surface area contributed by atoms with E-state index in [9.17, 15) is 10.1 Å². The molecule has 2 aromatic carbocycles. The molecule has 1 atom stereocenters. The van der Waals surface area contributed by atoms with Crippen molar-refractivity contribution in [3.63, 3.8) is 0 Å². The molecule has 8 nitrogen and oxygen atoms in total. The summed E-state index contributed by atoms with van der Waals surface area (Å²) in [6.07, 6.45) is 0.640. The molecule has 3 rings (SSSR count). The molecule has 0 aliphatic carbocycles. The van der Waals surface area contributed by atoms with Gasteiger partial charge in [0.05, 0.1) is 11.0 Å². The first-order chi connectivity index (χ1) is 12.1. The van der Waals surface area contributed by atoms with Crippen LogP contribution in [0.25, 0.3) is 0 Å². The number of H-pyrrole nitrogens is 1. The highest BCUT2D eigenvalue weighted by atomic mass is 16.6. The molecule has 0 amide bonds. The number of benzene rings is 2. The molecule has 25 heavy (non-hydrogen) atoms. The molecule has 0 aliphatic rings. The Morgan fingerprint density at radius 1 is 1.16 bits per heavy atom. The molecule has 8 heteroatoms. The molecule has 0 radical (unpaired) electrons. The minimum absolute atomic E-state index is 0.0150. The maximum absolute atomic E-state index is 10.6. The van der Waals surface area contributed by atoms with Crippen molar-refractivity contribution in [1.82, 2.24) is 15.2 Å². The van der Waals surface area contributed by atoms with Gasteiger partial charge in [-0.25, -0.2) is 4.98 Å². The number of nitro benzene ring substituents is 1. The lowest BCUT2D eigenvalue weighted by Crippen LogP contribution is -2.15. The van der Waals surface area contributed by atoms with Crippen LogP contribution in [0.15, 0.2) is 54.6 Å². The van der Waals surface area contributed by atoms with E-state index in [1.54, 1.807) is 0 Å². The van der Waals surface area contributed by atoms with Gasteiger partial charge in [0, 0.05) is 12.1 Å². The molecular formula is C17H17N5O3. The first-order valence-electron chi connectivity index (χ1n) is 7.70. The van der Waals surface area contributed by atoms with Crippen LogP contribution in [0.3, 0.4) is 0 Å². The molecule has 0 saturated heterocycles. The van der Waals surface area contributed by atoms with Gasteiger partial charge >= 0.3 is 0 Å². The SMILES string of the molecule is N[C@@H](Cc1ccccc1)c1n[nH]c(COc2ccc([N+](=O)[O-])cc2)n1. The maximum atomic E-state index is 10.6. The normalized spacial score (nSPS) is 11.9. The number of nitrogens with two attached hydrogens (primary N) is 1. The van der Waals surface area contributed by atoms with Gasteiger partial charge < -0.3 is 10.5 Å². The first-order valence-corrected chi connectivity index (χ1v) is 7.70. The van der Waals surface area contributed by atoms with E-state index in [2.05, 4.69) is 15.2 Å². The summed E-state index contributed by atoms with van der Waals surface area (Å²) in [4.78, 5) is 14.5. The number of nitrogens with zero attached hydrogens (tertiary/aromatic N) is 3. The van der Waals surface area contributed by atoms with Crippen molar-refractivity contribution in [3.8, 4) is 5.75 Å². The van der Waals surface area contributed by atoms with E-state index in [4.69, 9.17) is 10.5 Å². The molecule has 0 fully saturated rings. The lowest BCUT2D eigenvalue weighted by atomic mass is 10.1. The summed E-state index contributed by atoms with van der Waals surface area (Å²) in [7, 11) is 0. The molecule has 3 N–H and O–H groups in total. The highest BCUT2D eigenvalue weighted by molar-refractivity contribution is 5.36. The summed E-state index contributed by atoms with van der Waals surface area (Å²) in [6.45, 7) is 0.170. The molecular weight excluding hydrogens is 322 g/mol. The third kappa shape index (κ3) is 4.39.